The van der Waals surface area contributed by atoms with Gasteiger partial charge in [-0.25, -0.2) is 8.42 Å². The molecule has 17 heavy (non-hydrogen) atoms. The van der Waals surface area contributed by atoms with Crippen molar-refractivity contribution in [1.29, 1.82) is 0 Å². The zero-order valence-electron chi connectivity index (χ0n) is 9.13. The molecule has 0 aromatic carbocycles. The van der Waals surface area contributed by atoms with E-state index in [0.29, 0.717) is 0 Å². The van der Waals surface area contributed by atoms with E-state index in [1.807, 2.05) is 0 Å². The van der Waals surface area contributed by atoms with Crippen molar-refractivity contribution in [3.8, 4) is 0 Å². The molecule has 1 aromatic heterocycles. The summed E-state index contributed by atoms with van der Waals surface area (Å²) < 4.78 is 22.4. The van der Waals surface area contributed by atoms with Gasteiger partial charge in [0.2, 0.25) is 0 Å². The summed E-state index contributed by atoms with van der Waals surface area (Å²) >= 11 is 0.924. The molecule has 94 valence electrons. The number of amides is 1. The third kappa shape index (κ3) is 3.53. The molecular weight excluding hydrogens is 266 g/mol. The minimum Gasteiger partial charge on any atom is -0.480 e. The molecule has 1 aromatic rings. The molecule has 0 aliphatic rings. The van der Waals surface area contributed by atoms with Crippen LogP contribution in [-0.4, -0.2) is 37.7 Å². The van der Waals surface area contributed by atoms with Crippen molar-refractivity contribution in [2.75, 3.05) is 6.26 Å². The largest absolute Gasteiger partial charge is 0.480 e. The third-order valence-corrected chi connectivity index (χ3v) is 4.69. The van der Waals surface area contributed by atoms with E-state index < -0.39 is 27.8 Å². The minimum atomic E-state index is -3.34. The monoisotopic (exact) mass is 277 g/mol. The molecule has 0 spiro atoms. The number of aliphatic carboxylic acids is 1. The van der Waals surface area contributed by atoms with Crippen LogP contribution in [0.2, 0.25) is 0 Å². The number of nitrogens with one attached hydrogen (secondary N) is 1. The number of carboxylic acid groups (broad SMARTS) is 1. The Bertz CT molecular complexity index is 545. The molecular formula is C9H11NO5S2. The Morgan fingerprint density at radius 3 is 2.47 bits per heavy atom. The molecule has 0 bridgehead atoms. The molecule has 0 fully saturated rings. The van der Waals surface area contributed by atoms with Crippen molar-refractivity contribution < 1.29 is 23.1 Å². The number of thiophene rings is 1. The van der Waals surface area contributed by atoms with Crippen molar-refractivity contribution in [2.45, 2.75) is 17.2 Å². The van der Waals surface area contributed by atoms with Crippen molar-refractivity contribution in [2.24, 2.45) is 0 Å². The lowest BCUT2D eigenvalue weighted by molar-refractivity contribution is -0.138. The molecule has 1 amide bonds. The molecule has 0 saturated heterocycles. The van der Waals surface area contributed by atoms with Crippen LogP contribution in [-0.2, 0) is 14.6 Å². The molecule has 1 rings (SSSR count). The number of hydrogen-bond donors (Lipinski definition) is 2. The van der Waals surface area contributed by atoms with E-state index in [0.717, 1.165) is 17.6 Å². The van der Waals surface area contributed by atoms with Gasteiger partial charge in [-0.3, -0.25) is 9.59 Å². The Morgan fingerprint density at radius 2 is 2.06 bits per heavy atom. The summed E-state index contributed by atoms with van der Waals surface area (Å²) in [4.78, 5) is 22.1. The van der Waals surface area contributed by atoms with Crippen LogP contribution in [0.1, 0.15) is 17.3 Å². The van der Waals surface area contributed by atoms with E-state index in [-0.39, 0.29) is 9.77 Å². The first-order valence-corrected chi connectivity index (χ1v) is 7.31. The lowest BCUT2D eigenvalue weighted by Gasteiger charge is -2.07. The molecule has 6 nitrogen and oxygen atoms in total. The Kier molecular flexibility index (Phi) is 3.89. The minimum absolute atomic E-state index is 0.0747. The highest BCUT2D eigenvalue weighted by Gasteiger charge is 2.18. The van der Waals surface area contributed by atoms with Crippen LogP contribution in [0, 0.1) is 0 Å². The first-order valence-electron chi connectivity index (χ1n) is 4.54. The van der Waals surface area contributed by atoms with Crippen molar-refractivity contribution in [3.63, 3.8) is 0 Å². The highest BCUT2D eigenvalue weighted by Crippen LogP contribution is 2.19. The predicted octanol–water partition coefficient (Wildman–Crippen LogP) is 0.354. The topological polar surface area (TPSA) is 101 Å². The second-order valence-electron chi connectivity index (χ2n) is 3.46. The Balaban J connectivity index is 2.85. The van der Waals surface area contributed by atoms with E-state index in [1.54, 1.807) is 0 Å². The highest BCUT2D eigenvalue weighted by molar-refractivity contribution is 7.92. The number of carboxylic acids is 1. The van der Waals surface area contributed by atoms with Crippen molar-refractivity contribution in [3.05, 3.63) is 17.0 Å². The lowest BCUT2D eigenvalue weighted by atomic mass is 10.3. The summed E-state index contributed by atoms with van der Waals surface area (Å²) in [6, 6.07) is 0.202. The second kappa shape index (κ2) is 4.84. The fourth-order valence-corrected chi connectivity index (χ4v) is 2.77. The van der Waals surface area contributed by atoms with Gasteiger partial charge >= 0.3 is 5.97 Å². The maximum atomic E-state index is 11.5. The van der Waals surface area contributed by atoms with Crippen LogP contribution in [0.3, 0.4) is 0 Å². The van der Waals surface area contributed by atoms with Gasteiger partial charge in [0.25, 0.3) is 5.91 Å². The first kappa shape index (κ1) is 13.7. The molecule has 0 radical (unpaired) electrons. The SMILES string of the molecule is CC(NC(=O)c1csc(S(C)(=O)=O)c1)C(=O)O. The van der Waals surface area contributed by atoms with Gasteiger partial charge in [0.1, 0.15) is 10.3 Å². The molecule has 0 saturated carbocycles. The molecule has 0 aliphatic heterocycles. The number of hydrogen-bond acceptors (Lipinski definition) is 5. The third-order valence-electron chi connectivity index (χ3n) is 1.92. The van der Waals surface area contributed by atoms with E-state index >= 15 is 0 Å². The summed E-state index contributed by atoms with van der Waals surface area (Å²) in [7, 11) is -3.34. The Labute approximate surface area is 102 Å². The molecule has 8 heteroatoms. The molecule has 1 atom stereocenters. The predicted molar refractivity (Wildman–Crippen MR) is 62.0 cm³/mol. The van der Waals surface area contributed by atoms with E-state index in [1.165, 1.54) is 18.4 Å². The maximum absolute atomic E-state index is 11.5. The average Bonchev–Trinajstić information content (AvgIpc) is 2.65. The summed E-state index contributed by atoms with van der Waals surface area (Å²) in [5, 5.41) is 12.2. The average molecular weight is 277 g/mol. The van der Waals surface area contributed by atoms with Crippen LogP contribution in [0.5, 0.6) is 0 Å². The van der Waals surface area contributed by atoms with Crippen LogP contribution >= 0.6 is 11.3 Å². The molecule has 0 aliphatic carbocycles. The summed E-state index contributed by atoms with van der Waals surface area (Å²) in [6.45, 7) is 1.32. The van der Waals surface area contributed by atoms with Crippen LogP contribution < -0.4 is 5.32 Å². The Morgan fingerprint density at radius 1 is 1.47 bits per heavy atom. The van der Waals surface area contributed by atoms with E-state index in [4.69, 9.17) is 5.11 Å². The number of rotatable bonds is 4. The van der Waals surface area contributed by atoms with E-state index in [9.17, 15) is 18.0 Å². The van der Waals surface area contributed by atoms with Crippen molar-refractivity contribution in [1.82, 2.24) is 5.32 Å². The standard InChI is InChI=1S/C9H11NO5S2/c1-5(9(12)13)10-8(11)6-3-7(16-4-6)17(2,14)15/h3-5H,1-2H3,(H,10,11)(H,12,13). The quantitative estimate of drug-likeness (QED) is 0.827. The fourth-order valence-electron chi connectivity index (χ4n) is 0.972. The summed E-state index contributed by atoms with van der Waals surface area (Å²) in [5.74, 6) is -1.76. The normalized spacial score (nSPS) is 13.1. The van der Waals surface area contributed by atoms with E-state index in [2.05, 4.69) is 5.32 Å². The van der Waals surface area contributed by atoms with Crippen molar-refractivity contribution >= 4 is 33.1 Å². The van der Waals surface area contributed by atoms with Gasteiger partial charge in [-0.05, 0) is 13.0 Å². The molecule has 2 N–H and O–H groups in total. The lowest BCUT2D eigenvalue weighted by Crippen LogP contribution is -2.38. The second-order valence-corrected chi connectivity index (χ2v) is 6.61. The van der Waals surface area contributed by atoms with Gasteiger partial charge in [0, 0.05) is 11.6 Å². The van der Waals surface area contributed by atoms with Gasteiger partial charge < -0.3 is 10.4 Å². The zero-order valence-corrected chi connectivity index (χ0v) is 10.8. The van der Waals surface area contributed by atoms with Gasteiger partial charge in [-0.1, -0.05) is 0 Å². The summed E-state index contributed by atoms with van der Waals surface area (Å²) in [5.41, 5.74) is 0.142. The van der Waals surface area contributed by atoms with Gasteiger partial charge in [-0.2, -0.15) is 0 Å². The number of carbonyl (C=O) groups is 2. The number of carbonyl (C=O) groups excluding carboxylic acids is 1. The van der Waals surface area contributed by atoms with Crippen LogP contribution in [0.15, 0.2) is 15.7 Å². The van der Waals surface area contributed by atoms with Gasteiger partial charge in [0.15, 0.2) is 9.84 Å². The number of sulfone groups is 1. The molecule has 1 unspecified atom stereocenters. The highest BCUT2D eigenvalue weighted by atomic mass is 32.2. The van der Waals surface area contributed by atoms with Crippen LogP contribution in [0.4, 0.5) is 0 Å². The smallest absolute Gasteiger partial charge is 0.325 e. The van der Waals surface area contributed by atoms with Gasteiger partial charge in [-0.15, -0.1) is 11.3 Å². The van der Waals surface area contributed by atoms with Crippen LogP contribution in [0.25, 0.3) is 0 Å². The fraction of sp³-hybridized carbons (Fsp3) is 0.333. The molecule has 1 heterocycles. The zero-order chi connectivity index (χ0) is 13.2. The maximum Gasteiger partial charge on any atom is 0.325 e. The first-order chi connectivity index (χ1) is 7.71. The Hall–Kier alpha value is -1.41. The van der Waals surface area contributed by atoms with Gasteiger partial charge in [0.05, 0.1) is 5.56 Å². The summed E-state index contributed by atoms with van der Waals surface area (Å²) in [6.07, 6.45) is 1.04.